The highest BCUT2D eigenvalue weighted by atomic mass is 16.8. The quantitative estimate of drug-likeness (QED) is 0.0836. The van der Waals surface area contributed by atoms with Crippen molar-refractivity contribution in [1.82, 2.24) is 5.32 Å². The van der Waals surface area contributed by atoms with Gasteiger partial charge >= 0.3 is 0 Å². The molecular formula is C28H52N4O18. The van der Waals surface area contributed by atoms with Crippen LogP contribution in [-0.4, -0.2) is 210 Å². The molecule has 0 saturated carbocycles. The van der Waals surface area contributed by atoms with Gasteiger partial charge in [0.15, 0.2) is 25.2 Å². The Kier molecular flexibility index (Phi) is 15.0. The second-order valence-electron chi connectivity index (χ2n) is 12.6. The first kappa shape index (κ1) is 41.4. The molecule has 4 aliphatic heterocycles. The first-order valence-corrected chi connectivity index (χ1v) is 16.1. The molecule has 4 heterocycles. The third-order valence-corrected chi connectivity index (χ3v) is 9.30. The standard InChI is InChI=1S/C28H52N4O18/c1-8(37)32-16-20(41)24(49-26-14(30)17(38)21(42-2)9(4-33)45-26)12(7-36)47-28(16)50-23-11(6-35)46-27(15(31)19(23)40)48-22-10(5-34)44-25(43-3)13(29)18(22)39/h9-28,33-36,38-41H,4-7,29-31H2,1-3H3,(H,32,37)/t9-,10?,11-,12?,13-,14?,15?,16-,17?,18-,19?,20-,21-,22?,23-,24?,25-,26?,27?,28+/m1/s1. The van der Waals surface area contributed by atoms with Crippen LogP contribution in [0.15, 0.2) is 0 Å². The van der Waals surface area contributed by atoms with Gasteiger partial charge in [-0.2, -0.15) is 0 Å². The highest BCUT2D eigenvalue weighted by Crippen LogP contribution is 2.34. The largest absolute Gasteiger partial charge is 0.394 e. The molecule has 0 aromatic carbocycles. The summed E-state index contributed by atoms with van der Waals surface area (Å²) in [7, 11) is 2.59. The molecule has 4 fully saturated rings. The van der Waals surface area contributed by atoms with Gasteiger partial charge in [0, 0.05) is 21.1 Å². The molecule has 292 valence electrons. The number of nitrogens with one attached hydrogen (secondary N) is 1. The van der Waals surface area contributed by atoms with E-state index in [4.69, 9.17) is 59.8 Å². The van der Waals surface area contributed by atoms with Crippen molar-refractivity contribution in [2.75, 3.05) is 40.6 Å². The van der Waals surface area contributed by atoms with Crippen LogP contribution in [0.1, 0.15) is 6.92 Å². The van der Waals surface area contributed by atoms with Gasteiger partial charge in [0.1, 0.15) is 79.3 Å². The molecule has 0 spiro atoms. The number of aliphatic hydroxyl groups excluding tert-OH is 8. The average Bonchev–Trinajstić information content (AvgIpc) is 3.10. The van der Waals surface area contributed by atoms with Crippen molar-refractivity contribution >= 4 is 5.91 Å². The van der Waals surface area contributed by atoms with Crippen molar-refractivity contribution < 1.29 is 88.3 Å². The molecule has 4 aliphatic rings. The third-order valence-electron chi connectivity index (χ3n) is 9.30. The summed E-state index contributed by atoms with van der Waals surface area (Å²) in [6.45, 7) is -1.62. The minimum atomic E-state index is -1.71. The summed E-state index contributed by atoms with van der Waals surface area (Å²) in [6, 6.07) is -5.21. The summed E-state index contributed by atoms with van der Waals surface area (Å²) in [5.41, 5.74) is 18.4. The number of amides is 1. The molecule has 22 nitrogen and oxygen atoms in total. The number of methoxy groups -OCH3 is 2. The molecule has 10 unspecified atom stereocenters. The fourth-order valence-corrected chi connectivity index (χ4v) is 6.55. The maximum absolute atomic E-state index is 12.2. The topological polar surface area (TPSA) is 352 Å². The molecule has 0 aromatic rings. The average molecular weight is 733 g/mol. The van der Waals surface area contributed by atoms with E-state index in [1.165, 1.54) is 14.2 Å². The van der Waals surface area contributed by atoms with Crippen LogP contribution in [0.5, 0.6) is 0 Å². The smallest absolute Gasteiger partial charge is 0.217 e. The number of hydrogen-bond acceptors (Lipinski definition) is 21. The summed E-state index contributed by atoms with van der Waals surface area (Å²) in [5.74, 6) is -0.651. The molecule has 0 aromatic heterocycles. The van der Waals surface area contributed by atoms with Gasteiger partial charge in [0.05, 0.1) is 44.6 Å². The summed E-state index contributed by atoms with van der Waals surface area (Å²) in [5, 5.41) is 86.7. The van der Waals surface area contributed by atoms with E-state index in [0.29, 0.717) is 0 Å². The Balaban J connectivity index is 1.51. The number of aliphatic hydroxyl groups is 8. The van der Waals surface area contributed by atoms with Crippen molar-refractivity contribution in [2.45, 2.75) is 129 Å². The summed E-state index contributed by atoms with van der Waals surface area (Å²) in [6.07, 6.45) is -22.1. The molecule has 15 N–H and O–H groups in total. The Bertz CT molecular complexity index is 1070. The molecular weight excluding hydrogens is 680 g/mol. The molecule has 22 heteroatoms. The Labute approximate surface area is 287 Å². The van der Waals surface area contributed by atoms with Crippen LogP contribution in [0.2, 0.25) is 0 Å². The summed E-state index contributed by atoms with van der Waals surface area (Å²) in [4.78, 5) is 12.2. The van der Waals surface area contributed by atoms with Crippen LogP contribution in [-0.2, 0) is 47.4 Å². The summed E-state index contributed by atoms with van der Waals surface area (Å²) < 4.78 is 51.0. The Morgan fingerprint density at radius 3 is 1.30 bits per heavy atom. The third kappa shape index (κ3) is 8.55. The monoisotopic (exact) mass is 732 g/mol. The minimum absolute atomic E-state index is 0.579. The lowest BCUT2D eigenvalue weighted by molar-refractivity contribution is -0.360. The van der Waals surface area contributed by atoms with Gasteiger partial charge < -0.3 is 106 Å². The van der Waals surface area contributed by atoms with Gasteiger partial charge in [0.2, 0.25) is 5.91 Å². The first-order valence-electron chi connectivity index (χ1n) is 16.1. The number of nitrogens with two attached hydrogens (primary N) is 3. The first-order chi connectivity index (χ1) is 23.8. The van der Waals surface area contributed by atoms with Crippen molar-refractivity contribution in [1.29, 1.82) is 0 Å². The molecule has 0 bridgehead atoms. The second kappa shape index (κ2) is 18.1. The van der Waals surface area contributed by atoms with Crippen LogP contribution >= 0.6 is 0 Å². The van der Waals surface area contributed by atoms with E-state index < -0.39 is 155 Å². The zero-order valence-electron chi connectivity index (χ0n) is 27.8. The normalized spacial score (nSPS) is 48.7. The molecule has 1 amide bonds. The predicted octanol–water partition coefficient (Wildman–Crippen LogP) is -8.40. The molecule has 4 saturated heterocycles. The number of rotatable bonds is 13. The van der Waals surface area contributed by atoms with E-state index in [0.717, 1.165) is 6.92 Å². The molecule has 50 heavy (non-hydrogen) atoms. The van der Waals surface area contributed by atoms with E-state index in [1.807, 2.05) is 0 Å². The highest BCUT2D eigenvalue weighted by molar-refractivity contribution is 5.73. The van der Waals surface area contributed by atoms with Crippen LogP contribution in [0.25, 0.3) is 0 Å². The lowest BCUT2D eigenvalue weighted by Crippen LogP contribution is -2.71. The van der Waals surface area contributed by atoms with Crippen molar-refractivity contribution in [3.05, 3.63) is 0 Å². The van der Waals surface area contributed by atoms with Gasteiger partial charge in [-0.15, -0.1) is 0 Å². The Hall–Kier alpha value is -1.33. The van der Waals surface area contributed by atoms with Crippen LogP contribution in [0.3, 0.4) is 0 Å². The fourth-order valence-electron chi connectivity index (χ4n) is 6.55. The molecule has 0 radical (unpaired) electrons. The lowest BCUT2D eigenvalue weighted by atomic mass is 9.93. The predicted molar refractivity (Wildman–Crippen MR) is 161 cm³/mol. The van der Waals surface area contributed by atoms with Gasteiger partial charge in [-0.05, 0) is 0 Å². The zero-order chi connectivity index (χ0) is 37.0. The van der Waals surface area contributed by atoms with Gasteiger partial charge in [-0.1, -0.05) is 0 Å². The number of carbonyl (C=O) groups excluding carboxylic acids is 1. The maximum Gasteiger partial charge on any atom is 0.217 e. The zero-order valence-corrected chi connectivity index (χ0v) is 27.8. The minimum Gasteiger partial charge on any atom is -0.394 e. The van der Waals surface area contributed by atoms with Crippen LogP contribution < -0.4 is 22.5 Å². The second-order valence-corrected chi connectivity index (χ2v) is 12.6. The Morgan fingerprint density at radius 2 is 0.900 bits per heavy atom. The van der Waals surface area contributed by atoms with Gasteiger partial charge in [-0.3, -0.25) is 4.79 Å². The van der Waals surface area contributed by atoms with Crippen LogP contribution in [0.4, 0.5) is 0 Å². The maximum atomic E-state index is 12.2. The Morgan fingerprint density at radius 1 is 0.560 bits per heavy atom. The van der Waals surface area contributed by atoms with Gasteiger partial charge in [-0.25, -0.2) is 0 Å². The van der Waals surface area contributed by atoms with E-state index >= 15 is 0 Å². The molecule has 20 atom stereocenters. The number of ether oxygens (including phenoxy) is 9. The van der Waals surface area contributed by atoms with E-state index in [2.05, 4.69) is 5.32 Å². The number of carbonyl (C=O) groups is 1. The van der Waals surface area contributed by atoms with Crippen LogP contribution in [0, 0.1) is 0 Å². The van der Waals surface area contributed by atoms with Gasteiger partial charge in [0.25, 0.3) is 0 Å². The highest BCUT2D eigenvalue weighted by Gasteiger charge is 2.55. The van der Waals surface area contributed by atoms with Crippen molar-refractivity contribution in [2.24, 2.45) is 17.2 Å². The van der Waals surface area contributed by atoms with Crippen molar-refractivity contribution in [3.8, 4) is 0 Å². The number of hydrogen-bond donors (Lipinski definition) is 12. The lowest BCUT2D eigenvalue weighted by Gasteiger charge is -2.50. The summed E-state index contributed by atoms with van der Waals surface area (Å²) >= 11 is 0. The van der Waals surface area contributed by atoms with E-state index in [9.17, 15) is 45.6 Å². The van der Waals surface area contributed by atoms with Crippen molar-refractivity contribution in [3.63, 3.8) is 0 Å². The van der Waals surface area contributed by atoms with E-state index in [1.54, 1.807) is 0 Å². The molecule has 4 rings (SSSR count). The molecule has 0 aliphatic carbocycles. The van der Waals surface area contributed by atoms with E-state index in [-0.39, 0.29) is 0 Å². The fraction of sp³-hybridized carbons (Fsp3) is 0.964. The SMILES string of the molecule is CO[C@@H]1OC(CO)C(OC2O[C@H](CO)[C@@H](O[C@@H]3OC(CO)C(OC4O[C@H](CO)[C@@H](OC)C(O)C4N)[C@H](O)[C@H]3NC(C)=O)C(O)C2N)[C@H](O)[C@H]1N.